The first-order valence-corrected chi connectivity index (χ1v) is 6.87. The van der Waals surface area contributed by atoms with Crippen LogP contribution in [0.15, 0.2) is 39.8 Å². The second-order valence-electron chi connectivity index (χ2n) is 4.31. The predicted molar refractivity (Wildman–Crippen MR) is 81.0 cm³/mol. The van der Waals surface area contributed by atoms with Gasteiger partial charge in [-0.25, -0.2) is 0 Å². The lowest BCUT2D eigenvalue weighted by molar-refractivity contribution is 0.718. The van der Waals surface area contributed by atoms with Crippen LogP contribution in [-0.4, -0.2) is 10.8 Å². The molecule has 1 aromatic carbocycles. The molecule has 1 heterocycles. The number of rotatable bonds is 3. The molecule has 0 aliphatic rings. The van der Waals surface area contributed by atoms with Crippen LogP contribution in [0.5, 0.6) is 0 Å². The molecule has 2 aromatic rings. The summed E-state index contributed by atoms with van der Waals surface area (Å²) in [5, 5.41) is 0. The molecule has 3 heteroatoms. The number of aromatic nitrogens is 1. The Hall–Kier alpha value is -1.35. The lowest BCUT2D eigenvalue weighted by Gasteiger charge is -2.04. The van der Waals surface area contributed by atoms with Gasteiger partial charge < -0.3 is 4.57 Å². The first kappa shape index (κ1) is 13.1. The van der Waals surface area contributed by atoms with Gasteiger partial charge in [0.2, 0.25) is 0 Å². The van der Waals surface area contributed by atoms with E-state index in [-0.39, 0.29) is 0 Å². The Bertz CT molecular complexity index is 565. The van der Waals surface area contributed by atoms with E-state index in [9.17, 15) is 0 Å². The summed E-state index contributed by atoms with van der Waals surface area (Å²) in [5.74, 6) is 0. The van der Waals surface area contributed by atoms with E-state index in [2.05, 4.69) is 52.3 Å². The van der Waals surface area contributed by atoms with Crippen molar-refractivity contribution in [2.24, 2.45) is 4.99 Å². The normalized spacial score (nSPS) is 11.3. The average molecular weight is 305 g/mol. The Kier molecular flexibility index (Phi) is 4.02. The van der Waals surface area contributed by atoms with Crippen molar-refractivity contribution >= 4 is 27.8 Å². The number of aryl methyl sites for hydroxylation is 1. The highest BCUT2D eigenvalue weighted by Gasteiger charge is 2.05. The zero-order chi connectivity index (χ0) is 13.1. The largest absolute Gasteiger partial charge is 0.349 e. The van der Waals surface area contributed by atoms with E-state index in [1.807, 2.05) is 30.5 Å². The van der Waals surface area contributed by atoms with Gasteiger partial charge in [-0.1, -0.05) is 15.9 Å². The van der Waals surface area contributed by atoms with E-state index in [0.717, 1.165) is 16.7 Å². The van der Waals surface area contributed by atoms with Gasteiger partial charge in [-0.3, -0.25) is 4.99 Å². The fraction of sp³-hybridized carbons (Fsp3) is 0.267. The third-order valence-electron chi connectivity index (χ3n) is 3.11. The van der Waals surface area contributed by atoms with Crippen molar-refractivity contribution in [2.45, 2.75) is 27.3 Å². The molecule has 0 atom stereocenters. The molecule has 0 radical (unpaired) electrons. The molecule has 0 aliphatic carbocycles. The average Bonchev–Trinajstić information content (AvgIpc) is 2.63. The second kappa shape index (κ2) is 5.53. The van der Waals surface area contributed by atoms with Crippen LogP contribution in [0.4, 0.5) is 5.69 Å². The highest BCUT2D eigenvalue weighted by molar-refractivity contribution is 9.10. The van der Waals surface area contributed by atoms with Crippen LogP contribution >= 0.6 is 15.9 Å². The maximum absolute atomic E-state index is 4.51. The summed E-state index contributed by atoms with van der Waals surface area (Å²) in [6.07, 6.45) is 1.94. The standard InChI is InChI=1S/C15H17BrN2/c1-4-18-11(2)9-13(12(18)3)10-17-15-7-5-14(16)6-8-15/h5-10H,4H2,1-3H3. The van der Waals surface area contributed by atoms with Gasteiger partial charge in [0.05, 0.1) is 5.69 Å². The third kappa shape index (κ3) is 2.72. The van der Waals surface area contributed by atoms with Crippen LogP contribution in [-0.2, 0) is 6.54 Å². The number of nitrogens with zero attached hydrogens (tertiary/aromatic N) is 2. The minimum Gasteiger partial charge on any atom is -0.349 e. The molecule has 0 amide bonds. The molecule has 0 fully saturated rings. The number of halogens is 1. The molecule has 18 heavy (non-hydrogen) atoms. The molecule has 2 nitrogen and oxygen atoms in total. The van der Waals surface area contributed by atoms with E-state index in [1.54, 1.807) is 0 Å². The van der Waals surface area contributed by atoms with Crippen LogP contribution in [0, 0.1) is 13.8 Å². The monoisotopic (exact) mass is 304 g/mol. The van der Waals surface area contributed by atoms with Crippen LogP contribution in [0.1, 0.15) is 23.9 Å². The van der Waals surface area contributed by atoms with Gasteiger partial charge in [0.25, 0.3) is 0 Å². The molecule has 0 saturated carbocycles. The van der Waals surface area contributed by atoms with E-state index < -0.39 is 0 Å². The Morgan fingerprint density at radius 1 is 1.22 bits per heavy atom. The van der Waals surface area contributed by atoms with Crippen LogP contribution in [0.3, 0.4) is 0 Å². The molecule has 0 unspecified atom stereocenters. The highest BCUT2D eigenvalue weighted by atomic mass is 79.9. The Balaban J connectivity index is 2.26. The summed E-state index contributed by atoms with van der Waals surface area (Å²) in [6, 6.07) is 10.2. The van der Waals surface area contributed by atoms with Crippen molar-refractivity contribution < 1.29 is 0 Å². The molecule has 0 aliphatic heterocycles. The van der Waals surface area contributed by atoms with Crippen LogP contribution in [0.2, 0.25) is 0 Å². The zero-order valence-corrected chi connectivity index (χ0v) is 12.5. The summed E-state index contributed by atoms with van der Waals surface area (Å²) in [4.78, 5) is 4.51. The minimum atomic E-state index is 0.972. The molecule has 1 aromatic heterocycles. The van der Waals surface area contributed by atoms with E-state index in [1.165, 1.54) is 17.0 Å². The fourth-order valence-electron chi connectivity index (χ4n) is 2.12. The van der Waals surface area contributed by atoms with Gasteiger partial charge >= 0.3 is 0 Å². The van der Waals surface area contributed by atoms with Crippen LogP contribution in [0.25, 0.3) is 0 Å². The topological polar surface area (TPSA) is 17.3 Å². The predicted octanol–water partition coefficient (Wildman–Crippen LogP) is 4.64. The Labute approximate surface area is 116 Å². The molecule has 0 N–H and O–H groups in total. The van der Waals surface area contributed by atoms with Gasteiger partial charge in [0, 0.05) is 34.2 Å². The number of hydrogen-bond acceptors (Lipinski definition) is 1. The maximum atomic E-state index is 4.51. The zero-order valence-electron chi connectivity index (χ0n) is 10.9. The van der Waals surface area contributed by atoms with Crippen molar-refractivity contribution in [3.63, 3.8) is 0 Å². The molecular formula is C15H17BrN2. The van der Waals surface area contributed by atoms with Gasteiger partial charge in [0.1, 0.15) is 0 Å². The lowest BCUT2D eigenvalue weighted by atomic mass is 10.2. The van der Waals surface area contributed by atoms with Crippen molar-refractivity contribution in [1.82, 2.24) is 4.57 Å². The summed E-state index contributed by atoms with van der Waals surface area (Å²) >= 11 is 3.42. The number of hydrogen-bond donors (Lipinski definition) is 0. The summed E-state index contributed by atoms with van der Waals surface area (Å²) in [7, 11) is 0. The SMILES string of the molecule is CCn1c(C)cc(C=Nc2ccc(Br)cc2)c1C. The van der Waals surface area contributed by atoms with Gasteiger partial charge in [-0.05, 0) is 51.1 Å². The van der Waals surface area contributed by atoms with Gasteiger partial charge in [-0.15, -0.1) is 0 Å². The fourth-order valence-corrected chi connectivity index (χ4v) is 2.38. The highest BCUT2D eigenvalue weighted by Crippen LogP contribution is 2.18. The quantitative estimate of drug-likeness (QED) is 0.735. The first-order chi connectivity index (χ1) is 8.61. The minimum absolute atomic E-state index is 0.972. The third-order valence-corrected chi connectivity index (χ3v) is 3.64. The van der Waals surface area contributed by atoms with Crippen LogP contribution < -0.4 is 0 Å². The van der Waals surface area contributed by atoms with Crippen molar-refractivity contribution in [3.05, 3.63) is 51.8 Å². The summed E-state index contributed by atoms with van der Waals surface area (Å²) in [6.45, 7) is 7.44. The summed E-state index contributed by atoms with van der Waals surface area (Å²) < 4.78 is 3.37. The van der Waals surface area contributed by atoms with Crippen molar-refractivity contribution in [2.75, 3.05) is 0 Å². The molecule has 94 valence electrons. The van der Waals surface area contributed by atoms with E-state index >= 15 is 0 Å². The summed E-state index contributed by atoms with van der Waals surface area (Å²) in [5.41, 5.74) is 4.72. The van der Waals surface area contributed by atoms with Crippen molar-refractivity contribution in [3.8, 4) is 0 Å². The van der Waals surface area contributed by atoms with Crippen molar-refractivity contribution in [1.29, 1.82) is 0 Å². The molecule has 0 bridgehead atoms. The van der Waals surface area contributed by atoms with E-state index in [4.69, 9.17) is 0 Å². The molecule has 2 rings (SSSR count). The maximum Gasteiger partial charge on any atom is 0.0630 e. The second-order valence-corrected chi connectivity index (χ2v) is 5.22. The Morgan fingerprint density at radius 3 is 2.44 bits per heavy atom. The molecular weight excluding hydrogens is 288 g/mol. The number of benzene rings is 1. The van der Waals surface area contributed by atoms with Gasteiger partial charge in [-0.2, -0.15) is 0 Å². The molecule has 0 spiro atoms. The Morgan fingerprint density at radius 2 is 1.89 bits per heavy atom. The van der Waals surface area contributed by atoms with E-state index in [0.29, 0.717) is 0 Å². The lowest BCUT2D eigenvalue weighted by Crippen LogP contribution is -1.99. The van der Waals surface area contributed by atoms with Gasteiger partial charge in [0.15, 0.2) is 0 Å². The smallest absolute Gasteiger partial charge is 0.0630 e. The molecule has 0 saturated heterocycles. The first-order valence-electron chi connectivity index (χ1n) is 6.08. The number of aliphatic imine (C=N–C) groups is 1.